The molecule has 1 aromatic rings. The Morgan fingerprint density at radius 3 is 2.91 bits per heavy atom. The van der Waals surface area contributed by atoms with E-state index in [1.807, 2.05) is 0 Å². The summed E-state index contributed by atoms with van der Waals surface area (Å²) in [4.78, 5) is 26.8. The molecule has 6 nitrogen and oxygen atoms in total. The van der Waals surface area contributed by atoms with E-state index in [2.05, 4.69) is 17.1 Å². The van der Waals surface area contributed by atoms with Crippen molar-refractivity contribution >= 4 is 28.2 Å². The summed E-state index contributed by atoms with van der Waals surface area (Å²) in [7, 11) is 1.36. The maximum atomic E-state index is 11.9. The van der Waals surface area contributed by atoms with Crippen LogP contribution in [0.25, 0.3) is 0 Å². The maximum Gasteiger partial charge on any atom is 0.341 e. The molecule has 0 saturated carbocycles. The number of unbranched alkanes of at least 4 members (excludes halogenated alkanes) is 1. The van der Waals surface area contributed by atoms with E-state index in [0.29, 0.717) is 23.7 Å². The van der Waals surface area contributed by atoms with Gasteiger partial charge in [-0.3, -0.25) is 9.69 Å². The van der Waals surface area contributed by atoms with Crippen LogP contribution in [0.4, 0.5) is 5.00 Å². The van der Waals surface area contributed by atoms with Gasteiger partial charge in [0.1, 0.15) is 5.00 Å². The van der Waals surface area contributed by atoms with E-state index in [4.69, 9.17) is 10.5 Å². The number of ether oxygens (including phenoxy) is 1. The Hall–Kier alpha value is -1.60. The fourth-order valence-corrected chi connectivity index (χ4v) is 3.75. The van der Waals surface area contributed by atoms with Crippen LogP contribution in [0.3, 0.4) is 0 Å². The molecule has 1 aromatic heterocycles. The van der Waals surface area contributed by atoms with Crippen LogP contribution in [0.1, 0.15) is 40.6 Å². The second-order valence-electron chi connectivity index (χ2n) is 5.40. The van der Waals surface area contributed by atoms with E-state index in [9.17, 15) is 9.59 Å². The van der Waals surface area contributed by atoms with Gasteiger partial charge in [0.25, 0.3) is 0 Å². The summed E-state index contributed by atoms with van der Waals surface area (Å²) < 4.78 is 4.80. The van der Waals surface area contributed by atoms with Gasteiger partial charge in [0.05, 0.1) is 19.2 Å². The minimum atomic E-state index is -0.374. The van der Waals surface area contributed by atoms with Gasteiger partial charge in [-0.05, 0) is 18.4 Å². The Kier molecular flexibility index (Phi) is 5.79. The van der Waals surface area contributed by atoms with Crippen molar-refractivity contribution in [2.45, 2.75) is 32.7 Å². The molecule has 22 heavy (non-hydrogen) atoms. The molecule has 0 bridgehead atoms. The molecule has 0 radical (unpaired) electrons. The molecule has 0 unspecified atom stereocenters. The summed E-state index contributed by atoms with van der Waals surface area (Å²) in [5.41, 5.74) is 7.44. The van der Waals surface area contributed by atoms with Crippen LogP contribution in [0.15, 0.2) is 0 Å². The largest absolute Gasteiger partial charge is 0.465 e. The van der Waals surface area contributed by atoms with Crippen molar-refractivity contribution in [1.82, 2.24) is 10.2 Å². The highest BCUT2D eigenvalue weighted by Gasteiger charge is 2.28. The van der Waals surface area contributed by atoms with Gasteiger partial charge in [-0.15, -0.1) is 11.3 Å². The molecular weight excluding hydrogens is 302 g/mol. The molecule has 2 heterocycles. The lowest BCUT2D eigenvalue weighted by molar-refractivity contribution is -0.122. The lowest BCUT2D eigenvalue weighted by atomic mass is 10.0. The highest BCUT2D eigenvalue weighted by molar-refractivity contribution is 7.16. The van der Waals surface area contributed by atoms with Crippen LogP contribution in [0.2, 0.25) is 0 Å². The molecule has 122 valence electrons. The normalized spacial score (nSPS) is 14.5. The van der Waals surface area contributed by atoms with Crippen molar-refractivity contribution < 1.29 is 14.3 Å². The molecule has 0 saturated heterocycles. The zero-order valence-electron chi connectivity index (χ0n) is 13.1. The molecule has 2 rings (SSSR count). The Labute approximate surface area is 134 Å². The topological polar surface area (TPSA) is 84.7 Å². The van der Waals surface area contributed by atoms with E-state index in [1.165, 1.54) is 18.4 Å². The summed E-state index contributed by atoms with van der Waals surface area (Å²) in [5, 5.41) is 3.43. The van der Waals surface area contributed by atoms with Crippen molar-refractivity contribution in [2.75, 3.05) is 32.5 Å². The zero-order chi connectivity index (χ0) is 16.1. The Morgan fingerprint density at radius 2 is 2.23 bits per heavy atom. The number of nitrogens with one attached hydrogen (secondary N) is 1. The number of anilines is 1. The molecule has 1 aliphatic rings. The maximum absolute atomic E-state index is 11.9. The summed E-state index contributed by atoms with van der Waals surface area (Å²) in [6.45, 7) is 4.61. The molecule has 0 fully saturated rings. The van der Waals surface area contributed by atoms with Crippen molar-refractivity contribution in [2.24, 2.45) is 0 Å². The zero-order valence-corrected chi connectivity index (χ0v) is 13.9. The molecular formula is C15H23N3O3S. The van der Waals surface area contributed by atoms with Crippen LogP contribution >= 0.6 is 11.3 Å². The second-order valence-corrected chi connectivity index (χ2v) is 6.54. The molecule has 1 amide bonds. The minimum absolute atomic E-state index is 0.0506. The highest BCUT2D eigenvalue weighted by Crippen LogP contribution is 2.35. The van der Waals surface area contributed by atoms with Crippen molar-refractivity contribution in [3.63, 3.8) is 0 Å². The van der Waals surface area contributed by atoms with Crippen LogP contribution in [-0.2, 0) is 22.5 Å². The number of esters is 1. The molecule has 7 heteroatoms. The van der Waals surface area contributed by atoms with E-state index >= 15 is 0 Å². The van der Waals surface area contributed by atoms with Crippen LogP contribution in [0, 0.1) is 0 Å². The van der Waals surface area contributed by atoms with Gasteiger partial charge in [0.2, 0.25) is 5.91 Å². The van der Waals surface area contributed by atoms with Crippen molar-refractivity contribution in [1.29, 1.82) is 0 Å². The number of nitrogens with two attached hydrogens (primary N) is 1. The first kappa shape index (κ1) is 16.8. The lowest BCUT2D eigenvalue weighted by Gasteiger charge is -2.26. The average molecular weight is 325 g/mol. The minimum Gasteiger partial charge on any atom is -0.465 e. The Bertz CT molecular complexity index is 556. The Balaban J connectivity index is 1.98. The number of methoxy groups -OCH3 is 1. The highest BCUT2D eigenvalue weighted by atomic mass is 32.1. The number of nitrogen functional groups attached to an aromatic ring is 1. The predicted octanol–water partition coefficient (Wildman–Crippen LogP) is 1.39. The van der Waals surface area contributed by atoms with Crippen molar-refractivity contribution in [3.8, 4) is 0 Å². The molecule has 0 aliphatic carbocycles. The van der Waals surface area contributed by atoms with Gasteiger partial charge in [-0.1, -0.05) is 13.3 Å². The monoisotopic (exact) mass is 325 g/mol. The summed E-state index contributed by atoms with van der Waals surface area (Å²) >= 11 is 1.42. The first-order chi connectivity index (χ1) is 10.6. The predicted molar refractivity (Wildman–Crippen MR) is 87.0 cm³/mol. The fourth-order valence-electron chi connectivity index (χ4n) is 2.60. The summed E-state index contributed by atoms with van der Waals surface area (Å²) in [6.07, 6.45) is 2.79. The van der Waals surface area contributed by atoms with E-state index in [-0.39, 0.29) is 11.9 Å². The van der Waals surface area contributed by atoms with Gasteiger partial charge in [0, 0.05) is 24.5 Å². The van der Waals surface area contributed by atoms with Crippen LogP contribution < -0.4 is 11.1 Å². The number of fused-ring (bicyclic) bond motifs is 1. The van der Waals surface area contributed by atoms with Gasteiger partial charge in [0.15, 0.2) is 0 Å². The third kappa shape index (κ3) is 3.78. The standard InChI is InChI=1S/C15H23N3O3S/c1-3-4-6-17-12(19)9-18-7-5-10-11(8-18)22-14(16)13(10)15(20)21-2/h3-9,16H2,1-2H3,(H,17,19). The van der Waals surface area contributed by atoms with Crippen molar-refractivity contribution in [3.05, 3.63) is 16.0 Å². The fraction of sp³-hybridized carbons (Fsp3) is 0.600. The van der Waals surface area contributed by atoms with E-state index < -0.39 is 0 Å². The number of hydrogen-bond acceptors (Lipinski definition) is 6. The van der Waals surface area contributed by atoms with Crippen LogP contribution in [0.5, 0.6) is 0 Å². The number of thiophene rings is 1. The molecule has 0 atom stereocenters. The number of carbonyl (C=O) groups excluding carboxylic acids is 2. The Morgan fingerprint density at radius 1 is 1.45 bits per heavy atom. The number of carbonyl (C=O) groups is 2. The third-order valence-electron chi connectivity index (χ3n) is 3.77. The van der Waals surface area contributed by atoms with Crippen LogP contribution in [-0.4, -0.2) is 43.5 Å². The molecule has 3 N–H and O–H groups in total. The quantitative estimate of drug-likeness (QED) is 0.610. The van der Waals surface area contributed by atoms with Gasteiger partial charge in [-0.2, -0.15) is 0 Å². The number of rotatable bonds is 6. The first-order valence-corrected chi connectivity index (χ1v) is 8.35. The number of amides is 1. The summed E-state index contributed by atoms with van der Waals surface area (Å²) in [5.74, 6) is -0.324. The third-order valence-corrected chi connectivity index (χ3v) is 4.82. The number of hydrogen-bond donors (Lipinski definition) is 2. The molecule has 0 aromatic carbocycles. The number of nitrogens with zero attached hydrogens (tertiary/aromatic N) is 1. The SMILES string of the molecule is CCCCNC(=O)CN1CCc2c(sc(N)c2C(=O)OC)C1. The van der Waals surface area contributed by atoms with Gasteiger partial charge < -0.3 is 15.8 Å². The summed E-state index contributed by atoms with van der Waals surface area (Å²) in [6, 6.07) is 0. The van der Waals surface area contributed by atoms with Gasteiger partial charge >= 0.3 is 5.97 Å². The van der Waals surface area contributed by atoms with E-state index in [1.54, 1.807) is 0 Å². The molecule has 1 aliphatic heterocycles. The smallest absolute Gasteiger partial charge is 0.341 e. The molecule has 0 spiro atoms. The second kappa shape index (κ2) is 7.60. The van der Waals surface area contributed by atoms with Gasteiger partial charge in [-0.25, -0.2) is 4.79 Å². The lowest BCUT2D eigenvalue weighted by Crippen LogP contribution is -2.40. The first-order valence-electron chi connectivity index (χ1n) is 7.54. The van der Waals surface area contributed by atoms with E-state index in [0.717, 1.165) is 42.8 Å². The average Bonchev–Trinajstić information content (AvgIpc) is 2.82.